The first-order valence-electron chi connectivity index (χ1n) is 5.18. The van der Waals surface area contributed by atoms with Crippen molar-refractivity contribution in [3.05, 3.63) is 35.9 Å². The third kappa shape index (κ3) is 2.24. The van der Waals surface area contributed by atoms with E-state index in [1.54, 1.807) is 11.2 Å². The number of carbonyl (C=O) groups excluding carboxylic acids is 1. The average molecular weight is 202 g/mol. The van der Waals surface area contributed by atoms with Crippen molar-refractivity contribution in [1.82, 2.24) is 5.01 Å². The molecule has 78 valence electrons. The van der Waals surface area contributed by atoms with Gasteiger partial charge in [-0.3, -0.25) is 4.79 Å². The molecule has 1 aromatic carbocycles. The van der Waals surface area contributed by atoms with Crippen molar-refractivity contribution in [3.8, 4) is 0 Å². The Hall–Kier alpha value is -1.64. The van der Waals surface area contributed by atoms with Gasteiger partial charge in [0.05, 0.1) is 6.21 Å². The highest BCUT2D eigenvalue weighted by Gasteiger charge is 2.27. The smallest absolute Gasteiger partial charge is 0.245 e. The molecule has 0 bridgehead atoms. The zero-order chi connectivity index (χ0) is 10.7. The summed E-state index contributed by atoms with van der Waals surface area (Å²) in [5.74, 6) is 0.250. The van der Waals surface area contributed by atoms with Gasteiger partial charge in [0.25, 0.3) is 0 Å². The van der Waals surface area contributed by atoms with Crippen LogP contribution in [0.1, 0.15) is 18.9 Å². The van der Waals surface area contributed by atoms with Gasteiger partial charge in [0, 0.05) is 12.5 Å². The van der Waals surface area contributed by atoms with Gasteiger partial charge in [-0.1, -0.05) is 37.3 Å². The van der Waals surface area contributed by atoms with Crippen LogP contribution >= 0.6 is 0 Å². The highest BCUT2D eigenvalue weighted by molar-refractivity contribution is 5.84. The van der Waals surface area contributed by atoms with E-state index in [1.165, 1.54) is 0 Å². The summed E-state index contributed by atoms with van der Waals surface area (Å²) < 4.78 is 0. The Bertz CT molecular complexity index is 372. The predicted octanol–water partition coefficient (Wildman–Crippen LogP) is 1.89. The van der Waals surface area contributed by atoms with Gasteiger partial charge in [-0.15, -0.1) is 0 Å². The van der Waals surface area contributed by atoms with Crippen molar-refractivity contribution in [2.45, 2.75) is 13.3 Å². The maximum absolute atomic E-state index is 11.5. The summed E-state index contributed by atoms with van der Waals surface area (Å²) >= 11 is 0. The molecular formula is C12H14N2O. The van der Waals surface area contributed by atoms with Crippen LogP contribution in [0.3, 0.4) is 0 Å². The summed E-state index contributed by atoms with van der Waals surface area (Å²) in [6, 6.07) is 9.80. The molecule has 3 heteroatoms. The number of hydrazone groups is 1. The number of nitrogens with zero attached hydrogens (tertiary/aromatic N) is 2. The molecule has 0 aliphatic carbocycles. The van der Waals surface area contributed by atoms with Crippen molar-refractivity contribution in [3.63, 3.8) is 0 Å². The fourth-order valence-electron chi connectivity index (χ4n) is 1.59. The van der Waals surface area contributed by atoms with Crippen molar-refractivity contribution in [2.75, 3.05) is 6.54 Å². The van der Waals surface area contributed by atoms with Crippen LogP contribution in [0.4, 0.5) is 0 Å². The van der Waals surface area contributed by atoms with Gasteiger partial charge in [0.15, 0.2) is 0 Å². The summed E-state index contributed by atoms with van der Waals surface area (Å²) in [5, 5.41) is 5.74. The molecule has 1 atom stereocenters. The van der Waals surface area contributed by atoms with Crippen molar-refractivity contribution in [1.29, 1.82) is 0 Å². The van der Waals surface area contributed by atoms with E-state index < -0.39 is 0 Å². The van der Waals surface area contributed by atoms with E-state index in [9.17, 15) is 4.79 Å². The molecule has 3 nitrogen and oxygen atoms in total. The number of carbonyl (C=O) groups is 1. The number of amides is 1. The molecule has 0 radical (unpaired) electrons. The maximum atomic E-state index is 11.5. The Morgan fingerprint density at radius 1 is 1.40 bits per heavy atom. The summed E-state index contributed by atoms with van der Waals surface area (Å²) in [7, 11) is 0. The number of rotatable bonds is 2. The van der Waals surface area contributed by atoms with Gasteiger partial charge in [0.2, 0.25) is 5.91 Å². The average Bonchev–Trinajstić information content (AvgIpc) is 2.59. The molecule has 1 saturated heterocycles. The van der Waals surface area contributed by atoms with Gasteiger partial charge < -0.3 is 0 Å². The molecule has 0 saturated carbocycles. The fourth-order valence-corrected chi connectivity index (χ4v) is 1.59. The second-order valence-electron chi connectivity index (χ2n) is 3.81. The molecule has 1 fully saturated rings. The Morgan fingerprint density at radius 3 is 2.73 bits per heavy atom. The molecule has 1 aliphatic heterocycles. The van der Waals surface area contributed by atoms with E-state index >= 15 is 0 Å². The lowest BCUT2D eigenvalue weighted by molar-refractivity contribution is -0.130. The van der Waals surface area contributed by atoms with E-state index in [2.05, 4.69) is 5.10 Å². The third-order valence-corrected chi connectivity index (χ3v) is 2.60. The van der Waals surface area contributed by atoms with E-state index in [-0.39, 0.29) is 11.8 Å². The van der Waals surface area contributed by atoms with Gasteiger partial charge in [-0.2, -0.15) is 5.10 Å². The molecular weight excluding hydrogens is 188 g/mol. The Kier molecular flexibility index (Phi) is 2.81. The van der Waals surface area contributed by atoms with Gasteiger partial charge in [-0.25, -0.2) is 5.01 Å². The highest BCUT2D eigenvalue weighted by atomic mass is 16.2. The summed E-state index contributed by atoms with van der Waals surface area (Å²) in [5.41, 5.74) is 1.02. The molecule has 0 N–H and O–H groups in total. The quantitative estimate of drug-likeness (QED) is 0.674. The molecule has 1 unspecified atom stereocenters. The van der Waals surface area contributed by atoms with Crippen molar-refractivity contribution in [2.24, 2.45) is 11.0 Å². The monoisotopic (exact) mass is 202 g/mol. The Balaban J connectivity index is 2.04. The Morgan fingerprint density at radius 2 is 2.13 bits per heavy atom. The molecule has 15 heavy (non-hydrogen) atoms. The lowest BCUT2D eigenvalue weighted by atomic mass is 10.1. The molecule has 0 spiro atoms. The zero-order valence-electron chi connectivity index (χ0n) is 8.76. The van der Waals surface area contributed by atoms with E-state index in [1.807, 2.05) is 37.3 Å². The molecule has 1 aliphatic rings. The van der Waals surface area contributed by atoms with E-state index in [4.69, 9.17) is 0 Å². The topological polar surface area (TPSA) is 32.7 Å². The number of hydrogen-bond acceptors (Lipinski definition) is 2. The molecule has 1 amide bonds. The van der Waals surface area contributed by atoms with Crippen molar-refractivity contribution < 1.29 is 4.79 Å². The van der Waals surface area contributed by atoms with E-state index in [0.717, 1.165) is 18.5 Å². The van der Waals surface area contributed by atoms with Crippen LogP contribution in [0.5, 0.6) is 0 Å². The maximum Gasteiger partial charge on any atom is 0.245 e. The fraction of sp³-hybridized carbons (Fsp3) is 0.333. The second kappa shape index (κ2) is 4.26. The number of benzene rings is 1. The molecule has 2 rings (SSSR count). The van der Waals surface area contributed by atoms with Gasteiger partial charge >= 0.3 is 0 Å². The summed E-state index contributed by atoms with van der Waals surface area (Å²) in [4.78, 5) is 11.5. The first kappa shape index (κ1) is 9.90. The largest absolute Gasteiger partial charge is 0.273 e. The summed E-state index contributed by atoms with van der Waals surface area (Å²) in [6.45, 7) is 2.68. The van der Waals surface area contributed by atoms with E-state index in [0.29, 0.717) is 0 Å². The Labute approximate surface area is 89.4 Å². The van der Waals surface area contributed by atoms with Gasteiger partial charge in [-0.05, 0) is 12.0 Å². The molecule has 0 aromatic heterocycles. The van der Waals surface area contributed by atoms with Crippen molar-refractivity contribution >= 4 is 12.1 Å². The lowest BCUT2D eigenvalue weighted by Crippen LogP contribution is -2.20. The van der Waals surface area contributed by atoms with Gasteiger partial charge in [0.1, 0.15) is 0 Å². The minimum Gasteiger partial charge on any atom is -0.273 e. The van der Waals surface area contributed by atoms with Crippen LogP contribution in [0, 0.1) is 5.92 Å². The normalized spacial score (nSPS) is 21.5. The van der Waals surface area contributed by atoms with Crippen LogP contribution < -0.4 is 0 Å². The standard InChI is InChI=1S/C12H14N2O/c1-10-7-8-14(12(10)15)13-9-11-5-3-2-4-6-11/h2-6,9-10H,7-8H2,1H3. The minimum atomic E-state index is 0.123. The summed E-state index contributed by atoms with van der Waals surface area (Å²) in [6.07, 6.45) is 2.64. The van der Waals surface area contributed by atoms with Crippen LogP contribution in [-0.2, 0) is 4.79 Å². The number of hydrogen-bond donors (Lipinski definition) is 0. The molecule has 1 aromatic rings. The van der Waals surface area contributed by atoms with Crippen LogP contribution in [-0.4, -0.2) is 23.7 Å². The first-order valence-corrected chi connectivity index (χ1v) is 5.18. The zero-order valence-corrected chi connectivity index (χ0v) is 8.76. The highest BCUT2D eigenvalue weighted by Crippen LogP contribution is 2.16. The second-order valence-corrected chi connectivity index (χ2v) is 3.81. The van der Waals surface area contributed by atoms with Crippen LogP contribution in [0.15, 0.2) is 35.4 Å². The molecule has 1 heterocycles. The van der Waals surface area contributed by atoms with Crippen LogP contribution in [0.2, 0.25) is 0 Å². The third-order valence-electron chi connectivity index (χ3n) is 2.60. The predicted molar refractivity (Wildman–Crippen MR) is 59.5 cm³/mol. The van der Waals surface area contributed by atoms with Crippen LogP contribution in [0.25, 0.3) is 0 Å². The minimum absolute atomic E-state index is 0.123. The SMILES string of the molecule is CC1CCN(N=Cc2ccccc2)C1=O. The first-order chi connectivity index (χ1) is 7.27. The lowest BCUT2D eigenvalue weighted by Gasteiger charge is -2.07.